The number of benzene rings is 2. The van der Waals surface area contributed by atoms with Crippen LogP contribution < -0.4 is 14.9 Å². The van der Waals surface area contributed by atoms with Crippen LogP contribution in [0.2, 0.25) is 0 Å². The van der Waals surface area contributed by atoms with Gasteiger partial charge in [-0.2, -0.15) is 11.8 Å². The summed E-state index contributed by atoms with van der Waals surface area (Å²) in [7, 11) is -1.77. The molecule has 5 nitrogen and oxygen atoms in total. The van der Waals surface area contributed by atoms with Crippen molar-refractivity contribution in [2.75, 3.05) is 35.2 Å². The highest BCUT2D eigenvalue weighted by molar-refractivity contribution is 7.98. The third-order valence-electron chi connectivity index (χ3n) is 3.61. The van der Waals surface area contributed by atoms with Crippen LogP contribution in [0, 0.1) is 0 Å². The molecule has 0 aliphatic rings. The molecule has 0 aliphatic carbocycles. The first kappa shape index (κ1) is 20.5. The van der Waals surface area contributed by atoms with Crippen molar-refractivity contribution < 1.29 is 8.42 Å². The van der Waals surface area contributed by atoms with Crippen molar-refractivity contribution in [2.45, 2.75) is 5.75 Å². The fraction of sp³-hybridized carbons (Fsp3) is 0.278. The average Bonchev–Trinajstić information content (AvgIpc) is 2.61. The number of thioether (sulfide) groups is 1. The van der Waals surface area contributed by atoms with Gasteiger partial charge >= 0.3 is 0 Å². The maximum Gasteiger partial charge on any atom is 0.231 e. The first-order valence-electron chi connectivity index (χ1n) is 8.07. The molecule has 0 unspecified atom stereocenters. The van der Waals surface area contributed by atoms with Gasteiger partial charge in [0.15, 0.2) is 5.11 Å². The molecule has 2 aromatic rings. The van der Waals surface area contributed by atoms with E-state index in [1.54, 1.807) is 18.2 Å². The minimum absolute atomic E-state index is 0.518. The summed E-state index contributed by atoms with van der Waals surface area (Å²) in [5.74, 6) is 1.91. The van der Waals surface area contributed by atoms with Crippen LogP contribution in [0.15, 0.2) is 54.6 Å². The molecule has 2 N–H and O–H groups in total. The van der Waals surface area contributed by atoms with Crippen molar-refractivity contribution >= 4 is 50.5 Å². The zero-order valence-corrected chi connectivity index (χ0v) is 17.3. The number of sulfonamides is 1. The molecule has 0 atom stereocenters. The summed E-state index contributed by atoms with van der Waals surface area (Å²) in [6.07, 6.45) is 1.17. The van der Waals surface area contributed by atoms with Gasteiger partial charge in [-0.3, -0.25) is 4.31 Å². The average molecular weight is 410 g/mol. The van der Waals surface area contributed by atoms with Crippen molar-refractivity contribution in [1.82, 2.24) is 5.32 Å². The van der Waals surface area contributed by atoms with E-state index in [0.29, 0.717) is 10.8 Å². The van der Waals surface area contributed by atoms with Crippen LogP contribution in [0.1, 0.15) is 5.56 Å². The second-order valence-corrected chi connectivity index (χ2v) is 9.23. The largest absolute Gasteiger partial charge is 0.362 e. The summed E-state index contributed by atoms with van der Waals surface area (Å²) in [6, 6.07) is 17.5. The van der Waals surface area contributed by atoms with Crippen LogP contribution in [0.25, 0.3) is 0 Å². The number of hydrogen-bond donors (Lipinski definition) is 2. The zero-order valence-electron chi connectivity index (χ0n) is 14.8. The van der Waals surface area contributed by atoms with Gasteiger partial charge in [-0.15, -0.1) is 0 Å². The van der Waals surface area contributed by atoms with Crippen molar-refractivity contribution in [2.24, 2.45) is 0 Å². The summed E-state index contributed by atoms with van der Waals surface area (Å²) in [6.45, 7) is 0.756. The lowest BCUT2D eigenvalue weighted by Crippen LogP contribution is -2.30. The highest BCUT2D eigenvalue weighted by Gasteiger charge is 2.12. The van der Waals surface area contributed by atoms with Crippen LogP contribution in [-0.2, 0) is 15.8 Å². The molecule has 0 aliphatic heterocycles. The van der Waals surface area contributed by atoms with E-state index in [2.05, 4.69) is 22.8 Å². The molecule has 0 saturated carbocycles. The number of thiocarbonyl (C=S) groups is 1. The van der Waals surface area contributed by atoms with E-state index in [9.17, 15) is 8.42 Å². The lowest BCUT2D eigenvalue weighted by atomic mass is 10.2. The molecule has 140 valence electrons. The van der Waals surface area contributed by atoms with Crippen molar-refractivity contribution in [3.63, 3.8) is 0 Å². The fourth-order valence-electron chi connectivity index (χ4n) is 2.15. The Balaban J connectivity index is 1.75. The first-order chi connectivity index (χ1) is 12.4. The van der Waals surface area contributed by atoms with Crippen molar-refractivity contribution in [1.29, 1.82) is 0 Å². The number of hydrogen-bond acceptors (Lipinski definition) is 4. The van der Waals surface area contributed by atoms with Gasteiger partial charge in [0.1, 0.15) is 0 Å². The van der Waals surface area contributed by atoms with Crippen LogP contribution >= 0.6 is 24.0 Å². The summed E-state index contributed by atoms with van der Waals surface area (Å²) in [5.41, 5.74) is 2.64. The molecule has 0 saturated heterocycles. The second kappa shape index (κ2) is 9.80. The van der Waals surface area contributed by atoms with Crippen LogP contribution in [0.5, 0.6) is 0 Å². The van der Waals surface area contributed by atoms with E-state index in [1.165, 1.54) is 23.2 Å². The fourth-order valence-corrected chi connectivity index (χ4v) is 3.68. The number of nitrogens with zero attached hydrogens (tertiary/aromatic N) is 1. The van der Waals surface area contributed by atoms with E-state index in [4.69, 9.17) is 12.2 Å². The summed E-state index contributed by atoms with van der Waals surface area (Å²) in [5, 5.41) is 6.77. The Hall–Kier alpha value is -1.77. The Morgan fingerprint density at radius 2 is 1.88 bits per heavy atom. The molecule has 2 rings (SSSR count). The van der Waals surface area contributed by atoms with Crippen LogP contribution in [0.4, 0.5) is 11.4 Å². The Morgan fingerprint density at radius 1 is 1.15 bits per heavy atom. The maximum absolute atomic E-state index is 11.6. The van der Waals surface area contributed by atoms with Gasteiger partial charge in [-0.1, -0.05) is 36.4 Å². The summed E-state index contributed by atoms with van der Waals surface area (Å²) >= 11 is 7.14. The predicted octanol–water partition coefficient (Wildman–Crippen LogP) is 3.30. The molecular formula is C18H23N3O2S3. The van der Waals surface area contributed by atoms with E-state index in [1.807, 2.05) is 36.0 Å². The smallest absolute Gasteiger partial charge is 0.231 e. The van der Waals surface area contributed by atoms with E-state index in [0.717, 1.165) is 23.7 Å². The molecule has 0 radical (unpaired) electrons. The second-order valence-electron chi connectivity index (χ2n) is 5.70. The Bertz CT molecular complexity index is 827. The third kappa shape index (κ3) is 6.86. The highest BCUT2D eigenvalue weighted by Crippen LogP contribution is 2.20. The topological polar surface area (TPSA) is 61.4 Å². The molecule has 0 spiro atoms. The van der Waals surface area contributed by atoms with Gasteiger partial charge in [0.25, 0.3) is 0 Å². The van der Waals surface area contributed by atoms with Gasteiger partial charge in [0.05, 0.1) is 11.9 Å². The summed E-state index contributed by atoms with van der Waals surface area (Å²) in [4.78, 5) is 0. The lowest BCUT2D eigenvalue weighted by Gasteiger charge is -2.18. The molecule has 0 amide bonds. The van der Waals surface area contributed by atoms with E-state index < -0.39 is 10.0 Å². The standard InChI is InChI=1S/C18H23N3O2S3/c1-21(26(2,22)23)17-10-6-9-16(13-17)20-18(24)19-11-12-25-14-15-7-4-3-5-8-15/h3-10,13H,11-12,14H2,1-2H3,(H2,19,20,24). The third-order valence-corrected chi connectivity index (χ3v) is 6.09. The number of nitrogens with one attached hydrogen (secondary N) is 2. The van der Waals surface area contributed by atoms with Gasteiger partial charge in [-0.25, -0.2) is 8.42 Å². The van der Waals surface area contributed by atoms with Gasteiger partial charge in [-0.05, 0) is 36.0 Å². The Kier molecular flexibility index (Phi) is 7.74. The lowest BCUT2D eigenvalue weighted by molar-refractivity contribution is 0.600. The quantitative estimate of drug-likeness (QED) is 0.515. The van der Waals surface area contributed by atoms with E-state index in [-0.39, 0.29) is 0 Å². The zero-order chi connectivity index (χ0) is 19.0. The predicted molar refractivity (Wildman–Crippen MR) is 117 cm³/mol. The Labute approximate surface area is 165 Å². The monoisotopic (exact) mass is 409 g/mol. The van der Waals surface area contributed by atoms with Gasteiger partial charge < -0.3 is 10.6 Å². The first-order valence-corrected chi connectivity index (χ1v) is 11.5. The minimum atomic E-state index is -3.29. The highest BCUT2D eigenvalue weighted by atomic mass is 32.2. The Morgan fingerprint density at radius 3 is 2.58 bits per heavy atom. The summed E-state index contributed by atoms with van der Waals surface area (Å²) < 4.78 is 24.5. The van der Waals surface area contributed by atoms with Crippen LogP contribution in [0.3, 0.4) is 0 Å². The minimum Gasteiger partial charge on any atom is -0.362 e. The molecule has 0 bridgehead atoms. The van der Waals surface area contributed by atoms with E-state index >= 15 is 0 Å². The van der Waals surface area contributed by atoms with Gasteiger partial charge in [0, 0.05) is 30.8 Å². The van der Waals surface area contributed by atoms with Crippen molar-refractivity contribution in [3.8, 4) is 0 Å². The maximum atomic E-state index is 11.6. The molecule has 2 aromatic carbocycles. The molecule has 0 aromatic heterocycles. The molecule has 0 fully saturated rings. The SMILES string of the molecule is CN(c1cccc(NC(=S)NCCSCc2ccccc2)c1)S(C)(=O)=O. The van der Waals surface area contributed by atoms with Crippen molar-refractivity contribution in [3.05, 3.63) is 60.2 Å². The molecular weight excluding hydrogens is 386 g/mol. The van der Waals surface area contributed by atoms with Gasteiger partial charge in [0.2, 0.25) is 10.0 Å². The molecule has 26 heavy (non-hydrogen) atoms. The number of anilines is 2. The van der Waals surface area contributed by atoms with Crippen LogP contribution in [-0.4, -0.2) is 39.1 Å². The normalized spacial score (nSPS) is 11.0. The molecule has 0 heterocycles. The number of rotatable bonds is 8. The molecule has 8 heteroatoms.